The smallest absolute Gasteiger partial charge is 0.252 e. The van der Waals surface area contributed by atoms with Crippen LogP contribution in [0.25, 0.3) is 49.4 Å². The normalized spacial score (nSPS) is 13.3. The molecule has 0 unspecified atom stereocenters. The van der Waals surface area contributed by atoms with Crippen molar-refractivity contribution < 1.29 is 4.42 Å². The molecule has 5 heteroatoms. The van der Waals surface area contributed by atoms with Crippen LogP contribution in [0.1, 0.15) is 52.7 Å². The second kappa shape index (κ2) is 12.8. The topological polar surface area (TPSA) is 24.6 Å². The molecule has 10 aromatic rings. The zero-order valence-electron chi connectivity index (χ0n) is 35.5. The highest BCUT2D eigenvalue weighted by molar-refractivity contribution is 7.00. The van der Waals surface area contributed by atoms with Crippen LogP contribution in [0.3, 0.4) is 0 Å². The van der Waals surface area contributed by atoms with Crippen LogP contribution >= 0.6 is 0 Å². The average molecular weight is 788 g/mol. The molecule has 12 rings (SSSR count). The minimum atomic E-state index is -0.00778. The summed E-state index contributed by atoms with van der Waals surface area (Å²) in [4.78, 5) is 5.01. The van der Waals surface area contributed by atoms with E-state index >= 15 is 0 Å². The van der Waals surface area contributed by atoms with Crippen molar-refractivity contribution in [2.75, 3.05) is 9.80 Å². The molecule has 0 atom stereocenters. The van der Waals surface area contributed by atoms with Crippen LogP contribution in [-0.2, 0) is 10.8 Å². The van der Waals surface area contributed by atoms with Crippen LogP contribution in [0.5, 0.6) is 0 Å². The molecule has 0 amide bonds. The van der Waals surface area contributed by atoms with Gasteiger partial charge in [0.25, 0.3) is 6.71 Å². The van der Waals surface area contributed by atoms with Crippen LogP contribution in [0, 0.1) is 0 Å². The number of furan rings is 1. The van der Waals surface area contributed by atoms with Crippen molar-refractivity contribution in [1.29, 1.82) is 0 Å². The van der Waals surface area contributed by atoms with Crippen LogP contribution < -0.4 is 26.2 Å². The van der Waals surface area contributed by atoms with Gasteiger partial charge in [0.05, 0.1) is 16.9 Å². The SMILES string of the molecule is CC(C)(C)c1ccc(N(c2ccc(C(C)(C)C)cc2)c2ccc3c4c2N(c2ccccc2)c2ccccc2B4c2cccc4c5c6c(ccc5n-3c24)oc2ccccc26)cc1. The molecule has 4 heterocycles. The lowest BCUT2D eigenvalue weighted by Gasteiger charge is -2.43. The Hall–Kier alpha value is -6.98. The third-order valence-corrected chi connectivity index (χ3v) is 13.3. The number of rotatable bonds is 4. The summed E-state index contributed by atoms with van der Waals surface area (Å²) in [6.07, 6.45) is 0. The second-order valence-corrected chi connectivity index (χ2v) is 19.0. The van der Waals surface area contributed by atoms with E-state index in [1.165, 1.54) is 71.8 Å². The number of anilines is 6. The monoisotopic (exact) mass is 787 g/mol. The van der Waals surface area contributed by atoms with Crippen molar-refractivity contribution in [1.82, 2.24) is 4.57 Å². The van der Waals surface area contributed by atoms with Crippen LogP contribution in [-0.4, -0.2) is 11.3 Å². The Morgan fingerprint density at radius 1 is 0.492 bits per heavy atom. The van der Waals surface area contributed by atoms with Crippen LogP contribution in [0.2, 0.25) is 0 Å². The fourth-order valence-electron chi connectivity index (χ4n) is 10.4. The number of nitrogens with zero attached hydrogens (tertiary/aromatic N) is 3. The molecule has 2 aromatic heterocycles. The summed E-state index contributed by atoms with van der Waals surface area (Å²) >= 11 is 0. The molecule has 0 saturated carbocycles. The summed E-state index contributed by atoms with van der Waals surface area (Å²) in [5, 5.41) is 4.82. The van der Waals surface area contributed by atoms with Gasteiger partial charge in [-0.2, -0.15) is 0 Å². The molecular weight excluding hydrogens is 741 g/mol. The molecule has 0 fully saturated rings. The Labute approximate surface area is 357 Å². The highest BCUT2D eigenvalue weighted by Crippen LogP contribution is 2.50. The maximum atomic E-state index is 6.51. The third kappa shape index (κ3) is 5.19. The minimum Gasteiger partial charge on any atom is -0.456 e. The first kappa shape index (κ1) is 35.9. The fraction of sp³-hybridized carbons (Fsp3) is 0.143. The molecule has 2 aliphatic heterocycles. The highest BCUT2D eigenvalue weighted by Gasteiger charge is 2.44. The van der Waals surface area contributed by atoms with Crippen molar-refractivity contribution in [3.8, 4) is 5.69 Å². The van der Waals surface area contributed by atoms with Gasteiger partial charge >= 0.3 is 0 Å². The predicted molar refractivity (Wildman–Crippen MR) is 259 cm³/mol. The lowest BCUT2D eigenvalue weighted by atomic mass is 9.33. The standard InChI is InChI=1S/C56H46BN3O/c1-55(2,3)35-23-27-38(28-24-35)58(39-29-25-36(26-30-39)56(4,5)6)47-32-31-46-52-54(47)59(37-15-8-7-9-16-37)44-21-12-11-19-42(44)57(52)43-20-14-18-41-50-45(60(46)53(41)43)33-34-49-51(50)40-17-10-13-22-48(40)61-49/h7-34H,1-6H3. The molecule has 0 bridgehead atoms. The number of hydrogen-bond acceptors (Lipinski definition) is 3. The van der Waals surface area contributed by atoms with E-state index in [0.717, 1.165) is 39.3 Å². The molecule has 294 valence electrons. The Morgan fingerprint density at radius 2 is 1.11 bits per heavy atom. The number of para-hydroxylation sites is 4. The van der Waals surface area contributed by atoms with E-state index in [0.29, 0.717) is 0 Å². The van der Waals surface area contributed by atoms with Gasteiger partial charge in [0.2, 0.25) is 0 Å². The molecule has 2 aliphatic rings. The molecule has 4 nitrogen and oxygen atoms in total. The largest absolute Gasteiger partial charge is 0.456 e. The van der Waals surface area contributed by atoms with Crippen molar-refractivity contribution in [3.63, 3.8) is 0 Å². The summed E-state index contributed by atoms with van der Waals surface area (Å²) in [6, 6.07) is 63.1. The zero-order valence-corrected chi connectivity index (χ0v) is 35.5. The third-order valence-electron chi connectivity index (χ3n) is 13.3. The molecule has 0 N–H and O–H groups in total. The van der Waals surface area contributed by atoms with Crippen molar-refractivity contribution in [2.24, 2.45) is 0 Å². The van der Waals surface area contributed by atoms with E-state index in [1.54, 1.807) is 0 Å². The van der Waals surface area contributed by atoms with Gasteiger partial charge in [-0.25, -0.2) is 0 Å². The van der Waals surface area contributed by atoms with Gasteiger partial charge in [0.1, 0.15) is 11.2 Å². The number of benzene rings is 8. The summed E-state index contributed by atoms with van der Waals surface area (Å²) in [7, 11) is 0. The lowest BCUT2D eigenvalue weighted by Crippen LogP contribution is -2.60. The first-order valence-electron chi connectivity index (χ1n) is 21.6. The Balaban J connectivity index is 1.22. The first-order chi connectivity index (χ1) is 29.6. The summed E-state index contributed by atoms with van der Waals surface area (Å²) in [5.41, 5.74) is 19.0. The van der Waals surface area contributed by atoms with E-state index in [9.17, 15) is 0 Å². The molecule has 0 aliphatic carbocycles. The van der Waals surface area contributed by atoms with Gasteiger partial charge in [-0.15, -0.1) is 0 Å². The average Bonchev–Trinajstić information content (AvgIpc) is 3.82. The van der Waals surface area contributed by atoms with Gasteiger partial charge < -0.3 is 18.8 Å². The van der Waals surface area contributed by atoms with Gasteiger partial charge in [-0.05, 0) is 111 Å². The Bertz CT molecular complexity index is 3320. The quantitative estimate of drug-likeness (QED) is 0.166. The van der Waals surface area contributed by atoms with E-state index < -0.39 is 0 Å². The van der Waals surface area contributed by atoms with Crippen molar-refractivity contribution >= 4 is 101 Å². The van der Waals surface area contributed by atoms with Gasteiger partial charge in [0.15, 0.2) is 0 Å². The molecular formula is C56H46BN3O. The fourth-order valence-corrected chi connectivity index (χ4v) is 10.4. The van der Waals surface area contributed by atoms with Gasteiger partial charge in [-0.1, -0.05) is 139 Å². The number of hydrogen-bond donors (Lipinski definition) is 0. The maximum absolute atomic E-state index is 6.51. The maximum Gasteiger partial charge on any atom is 0.252 e. The summed E-state index contributed by atoms with van der Waals surface area (Å²) in [5.74, 6) is 0. The molecule has 8 aromatic carbocycles. The predicted octanol–water partition coefficient (Wildman–Crippen LogP) is 13.4. The highest BCUT2D eigenvalue weighted by atomic mass is 16.3. The number of fused-ring (bicyclic) bond motifs is 11. The lowest BCUT2D eigenvalue weighted by molar-refractivity contribution is 0.590. The van der Waals surface area contributed by atoms with E-state index in [2.05, 4.69) is 226 Å². The van der Waals surface area contributed by atoms with Crippen molar-refractivity contribution in [2.45, 2.75) is 52.4 Å². The van der Waals surface area contributed by atoms with Crippen LogP contribution in [0.15, 0.2) is 174 Å². The van der Waals surface area contributed by atoms with E-state index in [4.69, 9.17) is 4.42 Å². The molecule has 0 radical (unpaired) electrons. The minimum absolute atomic E-state index is 0.00778. The van der Waals surface area contributed by atoms with Gasteiger partial charge in [-0.3, -0.25) is 0 Å². The first-order valence-corrected chi connectivity index (χ1v) is 21.6. The van der Waals surface area contributed by atoms with E-state index in [1.807, 2.05) is 0 Å². The Morgan fingerprint density at radius 3 is 1.82 bits per heavy atom. The molecule has 61 heavy (non-hydrogen) atoms. The van der Waals surface area contributed by atoms with E-state index in [-0.39, 0.29) is 17.5 Å². The Kier molecular flexibility index (Phi) is 7.52. The summed E-state index contributed by atoms with van der Waals surface area (Å²) in [6.45, 7) is 13.7. The van der Waals surface area contributed by atoms with Gasteiger partial charge in [0, 0.05) is 55.5 Å². The van der Waals surface area contributed by atoms with Crippen LogP contribution in [0.4, 0.5) is 34.1 Å². The molecule has 0 spiro atoms. The zero-order chi connectivity index (χ0) is 41.4. The second-order valence-electron chi connectivity index (χ2n) is 19.0. The van der Waals surface area contributed by atoms with Crippen molar-refractivity contribution in [3.05, 3.63) is 181 Å². The molecule has 0 saturated heterocycles. The summed E-state index contributed by atoms with van der Waals surface area (Å²) < 4.78 is 9.06. The number of aromatic nitrogens is 1.